The number of halogens is 2. The molecule has 0 saturated heterocycles. The first kappa shape index (κ1) is 15.9. The molecule has 1 aromatic heterocycles. The van der Waals surface area contributed by atoms with Crippen LogP contribution in [-0.4, -0.2) is 19.3 Å². The Morgan fingerprint density at radius 3 is 2.81 bits per heavy atom. The van der Waals surface area contributed by atoms with Crippen LogP contribution in [0.4, 0.5) is 4.39 Å². The normalized spacial score (nSPS) is 11.3. The predicted octanol–water partition coefficient (Wildman–Crippen LogP) is 2.37. The minimum atomic E-state index is -4.25. The number of nitrogens with zero attached hydrogens (tertiary/aromatic N) is 1. The zero-order valence-electron chi connectivity index (χ0n) is 10.5. The highest BCUT2D eigenvalue weighted by Crippen LogP contribution is 2.18. The van der Waals surface area contributed by atoms with Crippen molar-refractivity contribution in [1.29, 1.82) is 0 Å². The fourth-order valence-electron chi connectivity index (χ4n) is 1.55. The van der Waals surface area contributed by atoms with Gasteiger partial charge in [0.05, 0.1) is 11.2 Å². The smallest absolute Gasteiger partial charge is 0.266 e. The molecule has 9 heteroatoms. The Hall–Kier alpha value is -1.51. The summed E-state index contributed by atoms with van der Waals surface area (Å²) in [4.78, 5) is 15.0. The molecule has 0 saturated carbocycles. The Morgan fingerprint density at radius 1 is 1.43 bits per heavy atom. The summed E-state index contributed by atoms with van der Waals surface area (Å²) < 4.78 is 39.2. The molecule has 1 heterocycles. The minimum Gasteiger partial charge on any atom is -0.274 e. The van der Waals surface area contributed by atoms with Crippen LogP contribution in [0.1, 0.15) is 12.1 Å². The Balaban J connectivity index is 2.04. The highest BCUT2D eigenvalue weighted by molar-refractivity contribution is 7.90. The van der Waals surface area contributed by atoms with E-state index in [1.165, 1.54) is 17.4 Å². The highest BCUT2D eigenvalue weighted by Gasteiger charge is 2.21. The Morgan fingerprint density at radius 2 is 2.19 bits per heavy atom. The molecule has 0 fully saturated rings. The number of thiazole rings is 1. The summed E-state index contributed by atoms with van der Waals surface area (Å²) in [7, 11) is -4.25. The highest BCUT2D eigenvalue weighted by atomic mass is 35.5. The molecular formula is C12H10ClFN2O3S2. The number of rotatable bonds is 5. The lowest BCUT2D eigenvalue weighted by Gasteiger charge is -2.07. The van der Waals surface area contributed by atoms with Crippen molar-refractivity contribution in [2.45, 2.75) is 17.7 Å². The molecule has 1 N–H and O–H groups in total. The second kappa shape index (κ2) is 6.50. The average Bonchev–Trinajstić information content (AvgIpc) is 2.88. The molecule has 0 unspecified atom stereocenters. The van der Waals surface area contributed by atoms with Gasteiger partial charge >= 0.3 is 0 Å². The van der Waals surface area contributed by atoms with Crippen LogP contribution in [0.25, 0.3) is 0 Å². The molecule has 0 radical (unpaired) electrons. The molecule has 0 spiro atoms. The SMILES string of the molecule is O=C(CCc1cscn1)NS(=O)(=O)c1ccc(Cl)cc1F. The Labute approximate surface area is 129 Å². The van der Waals surface area contributed by atoms with Gasteiger partial charge < -0.3 is 0 Å². The number of carbonyl (C=O) groups is 1. The van der Waals surface area contributed by atoms with E-state index in [-0.39, 0.29) is 11.4 Å². The van der Waals surface area contributed by atoms with Crippen molar-refractivity contribution in [2.24, 2.45) is 0 Å². The van der Waals surface area contributed by atoms with Crippen molar-refractivity contribution in [2.75, 3.05) is 0 Å². The van der Waals surface area contributed by atoms with Crippen molar-refractivity contribution in [3.05, 3.63) is 45.6 Å². The van der Waals surface area contributed by atoms with Gasteiger partial charge in [0.25, 0.3) is 10.0 Å². The second-order valence-electron chi connectivity index (χ2n) is 4.08. The van der Waals surface area contributed by atoms with Crippen molar-refractivity contribution < 1.29 is 17.6 Å². The maximum absolute atomic E-state index is 13.6. The molecule has 2 rings (SSSR count). The summed E-state index contributed by atoms with van der Waals surface area (Å²) in [5.74, 6) is -1.74. The summed E-state index contributed by atoms with van der Waals surface area (Å²) in [6, 6.07) is 3.11. The molecular weight excluding hydrogens is 339 g/mol. The molecule has 0 aliphatic rings. The van der Waals surface area contributed by atoms with Crippen LogP contribution in [0, 0.1) is 5.82 Å². The van der Waals surface area contributed by atoms with Gasteiger partial charge in [0.2, 0.25) is 5.91 Å². The summed E-state index contributed by atoms with van der Waals surface area (Å²) in [5.41, 5.74) is 2.32. The fraction of sp³-hybridized carbons (Fsp3) is 0.167. The van der Waals surface area contributed by atoms with E-state index in [4.69, 9.17) is 11.6 Å². The molecule has 1 amide bonds. The monoisotopic (exact) mass is 348 g/mol. The maximum Gasteiger partial charge on any atom is 0.266 e. The van der Waals surface area contributed by atoms with E-state index in [9.17, 15) is 17.6 Å². The molecule has 1 aromatic carbocycles. The first-order valence-electron chi connectivity index (χ1n) is 5.76. The van der Waals surface area contributed by atoms with Crippen LogP contribution in [-0.2, 0) is 21.2 Å². The minimum absolute atomic E-state index is 0.0574. The van der Waals surface area contributed by atoms with Crippen molar-refractivity contribution >= 4 is 38.9 Å². The van der Waals surface area contributed by atoms with Gasteiger partial charge in [-0.1, -0.05) is 11.6 Å². The lowest BCUT2D eigenvalue weighted by atomic mass is 10.2. The van der Waals surface area contributed by atoms with Crippen molar-refractivity contribution in [3.63, 3.8) is 0 Å². The third-order valence-electron chi connectivity index (χ3n) is 2.52. The number of amides is 1. The zero-order chi connectivity index (χ0) is 15.5. The number of nitrogens with one attached hydrogen (secondary N) is 1. The number of benzene rings is 1. The summed E-state index contributed by atoms with van der Waals surface area (Å²) >= 11 is 6.93. The van der Waals surface area contributed by atoms with Gasteiger partial charge in [0.15, 0.2) is 0 Å². The number of hydrogen-bond acceptors (Lipinski definition) is 5. The van der Waals surface area contributed by atoms with Gasteiger partial charge in [-0.3, -0.25) is 4.79 Å². The van der Waals surface area contributed by atoms with Gasteiger partial charge in [-0.25, -0.2) is 22.5 Å². The molecule has 2 aromatic rings. The second-order valence-corrected chi connectivity index (χ2v) is 6.89. The predicted molar refractivity (Wildman–Crippen MR) is 77.2 cm³/mol. The molecule has 0 bridgehead atoms. The first-order chi connectivity index (χ1) is 9.88. The van der Waals surface area contributed by atoms with E-state index in [2.05, 4.69) is 4.98 Å². The Bertz CT molecular complexity index is 748. The van der Waals surface area contributed by atoms with Gasteiger partial charge in [0, 0.05) is 16.8 Å². The quantitative estimate of drug-likeness (QED) is 0.900. The third-order valence-corrected chi connectivity index (χ3v) is 4.80. The zero-order valence-corrected chi connectivity index (χ0v) is 12.9. The summed E-state index contributed by atoms with van der Waals surface area (Å²) in [6.07, 6.45) is 0.256. The number of sulfonamides is 1. The van der Waals surface area contributed by atoms with Crippen molar-refractivity contribution in [1.82, 2.24) is 9.71 Å². The van der Waals surface area contributed by atoms with Crippen LogP contribution >= 0.6 is 22.9 Å². The Kier molecular flexibility index (Phi) is 4.92. The number of carbonyl (C=O) groups excluding carboxylic acids is 1. The number of aromatic nitrogens is 1. The maximum atomic E-state index is 13.6. The fourth-order valence-corrected chi connectivity index (χ4v) is 3.38. The molecule has 0 aliphatic carbocycles. The van der Waals surface area contributed by atoms with E-state index in [1.54, 1.807) is 10.9 Å². The van der Waals surface area contributed by atoms with Crippen molar-refractivity contribution in [3.8, 4) is 0 Å². The average molecular weight is 349 g/mol. The van der Waals surface area contributed by atoms with Gasteiger partial charge in [-0.2, -0.15) is 0 Å². The topological polar surface area (TPSA) is 76.1 Å². The lowest BCUT2D eigenvalue weighted by molar-refractivity contribution is -0.119. The van der Waals surface area contributed by atoms with Crippen LogP contribution in [0.15, 0.2) is 34.0 Å². The van der Waals surface area contributed by atoms with Gasteiger partial charge in [0.1, 0.15) is 10.7 Å². The summed E-state index contributed by atoms with van der Waals surface area (Å²) in [5, 5.41) is 1.84. The van der Waals surface area contributed by atoms with Gasteiger partial charge in [-0.05, 0) is 24.6 Å². The van der Waals surface area contributed by atoms with Crippen LogP contribution in [0.2, 0.25) is 5.02 Å². The summed E-state index contributed by atoms with van der Waals surface area (Å²) in [6.45, 7) is 0. The number of hydrogen-bond donors (Lipinski definition) is 1. The molecule has 0 atom stereocenters. The van der Waals surface area contributed by atoms with E-state index >= 15 is 0 Å². The van der Waals surface area contributed by atoms with Crippen LogP contribution < -0.4 is 4.72 Å². The molecule has 5 nitrogen and oxygen atoms in total. The van der Waals surface area contributed by atoms with E-state index < -0.39 is 26.6 Å². The third kappa shape index (κ3) is 4.23. The van der Waals surface area contributed by atoms with Crippen LogP contribution in [0.5, 0.6) is 0 Å². The molecule has 112 valence electrons. The largest absolute Gasteiger partial charge is 0.274 e. The standard InChI is InChI=1S/C12H10ClFN2O3S2/c13-8-1-3-11(10(14)5-8)21(18,19)16-12(17)4-2-9-6-20-7-15-9/h1,3,5-7H,2,4H2,(H,16,17). The van der Waals surface area contributed by atoms with E-state index in [1.807, 2.05) is 4.72 Å². The first-order valence-corrected chi connectivity index (χ1v) is 8.56. The number of aryl methyl sites for hydroxylation is 1. The van der Waals surface area contributed by atoms with Gasteiger partial charge in [-0.15, -0.1) is 11.3 Å². The van der Waals surface area contributed by atoms with Crippen LogP contribution in [0.3, 0.4) is 0 Å². The molecule has 0 aliphatic heterocycles. The van der Waals surface area contributed by atoms with E-state index in [0.29, 0.717) is 12.1 Å². The molecule has 21 heavy (non-hydrogen) atoms. The van der Waals surface area contributed by atoms with E-state index in [0.717, 1.165) is 12.1 Å². The lowest BCUT2D eigenvalue weighted by Crippen LogP contribution is -2.31.